The summed E-state index contributed by atoms with van der Waals surface area (Å²) < 4.78 is 10.6. The number of para-hydroxylation sites is 1. The fourth-order valence-corrected chi connectivity index (χ4v) is 1.71. The van der Waals surface area contributed by atoms with E-state index in [1.807, 2.05) is 32.0 Å². The normalized spacial score (nSPS) is 10.3. The van der Waals surface area contributed by atoms with Crippen molar-refractivity contribution in [3.05, 3.63) is 47.2 Å². The predicted octanol–water partition coefficient (Wildman–Crippen LogP) is 2.57. The number of nitrogens with zero attached hydrogens (tertiary/aromatic N) is 1. The second-order valence-corrected chi connectivity index (χ2v) is 3.94. The number of aromatic carboxylic acids is 1. The van der Waals surface area contributed by atoms with Crippen molar-refractivity contribution in [2.45, 2.75) is 20.5 Å². The van der Waals surface area contributed by atoms with Gasteiger partial charge >= 0.3 is 5.97 Å². The van der Waals surface area contributed by atoms with E-state index in [-0.39, 0.29) is 18.1 Å². The van der Waals surface area contributed by atoms with E-state index in [0.29, 0.717) is 0 Å². The lowest BCUT2D eigenvalue weighted by molar-refractivity contribution is 0.0686. The number of carboxylic acid groups (broad SMARTS) is 1. The molecule has 0 fully saturated rings. The fourth-order valence-electron chi connectivity index (χ4n) is 1.71. The Balaban J connectivity index is 2.17. The van der Waals surface area contributed by atoms with E-state index < -0.39 is 5.97 Å². The van der Waals surface area contributed by atoms with Crippen LogP contribution in [-0.4, -0.2) is 16.1 Å². The van der Waals surface area contributed by atoms with Crippen molar-refractivity contribution in [1.29, 1.82) is 0 Å². The van der Waals surface area contributed by atoms with Gasteiger partial charge in [0, 0.05) is 0 Å². The molecule has 1 heterocycles. The Bertz CT molecular complexity index is 554. The van der Waals surface area contributed by atoms with Gasteiger partial charge in [-0.15, -0.1) is 0 Å². The average Bonchev–Trinajstić information content (AvgIpc) is 2.76. The molecule has 0 saturated carbocycles. The molecule has 2 rings (SSSR count). The van der Waals surface area contributed by atoms with Crippen molar-refractivity contribution in [1.82, 2.24) is 4.98 Å². The van der Waals surface area contributed by atoms with Crippen LogP contribution >= 0.6 is 0 Å². The molecule has 5 nitrogen and oxygen atoms in total. The Labute approximate surface area is 104 Å². The topological polar surface area (TPSA) is 72.6 Å². The summed E-state index contributed by atoms with van der Waals surface area (Å²) in [5.41, 5.74) is 1.87. The zero-order valence-corrected chi connectivity index (χ0v) is 10.1. The standard InChI is InChI=1S/C13H13NO4/c1-8-4-3-5-9(2)12(8)17-6-10-11(13(15)16)14-7-18-10/h3-5,7H,6H2,1-2H3,(H,15,16). The number of carbonyl (C=O) groups is 1. The minimum Gasteiger partial charge on any atom is -0.485 e. The number of ether oxygens (including phenoxy) is 1. The maximum atomic E-state index is 10.9. The largest absolute Gasteiger partial charge is 0.485 e. The molecule has 0 amide bonds. The van der Waals surface area contributed by atoms with Gasteiger partial charge in [-0.05, 0) is 25.0 Å². The third kappa shape index (κ3) is 2.34. The molecule has 0 atom stereocenters. The first-order valence-corrected chi connectivity index (χ1v) is 5.44. The number of oxazole rings is 1. The van der Waals surface area contributed by atoms with Crippen LogP contribution in [0.2, 0.25) is 0 Å². The van der Waals surface area contributed by atoms with Crippen molar-refractivity contribution in [2.75, 3.05) is 0 Å². The number of hydrogen-bond donors (Lipinski definition) is 1. The molecule has 0 radical (unpaired) electrons. The van der Waals surface area contributed by atoms with Crippen LogP contribution in [-0.2, 0) is 6.61 Å². The van der Waals surface area contributed by atoms with Crippen LogP contribution in [0, 0.1) is 13.8 Å². The Hall–Kier alpha value is -2.30. The highest BCUT2D eigenvalue weighted by molar-refractivity contribution is 5.86. The molecule has 0 aliphatic rings. The van der Waals surface area contributed by atoms with Gasteiger partial charge in [-0.3, -0.25) is 0 Å². The number of benzene rings is 1. The maximum Gasteiger partial charge on any atom is 0.358 e. The fraction of sp³-hybridized carbons (Fsp3) is 0.231. The zero-order valence-electron chi connectivity index (χ0n) is 10.1. The summed E-state index contributed by atoms with van der Waals surface area (Å²) in [6.45, 7) is 3.91. The van der Waals surface area contributed by atoms with Crippen molar-refractivity contribution in [2.24, 2.45) is 0 Å². The lowest BCUT2D eigenvalue weighted by Crippen LogP contribution is -2.05. The quantitative estimate of drug-likeness (QED) is 0.898. The van der Waals surface area contributed by atoms with Gasteiger partial charge in [-0.25, -0.2) is 9.78 Å². The van der Waals surface area contributed by atoms with Gasteiger partial charge in [0.15, 0.2) is 17.8 Å². The number of hydrogen-bond acceptors (Lipinski definition) is 4. The minimum absolute atomic E-state index is 0.0489. The van der Waals surface area contributed by atoms with Crippen LogP contribution in [0.1, 0.15) is 27.4 Å². The van der Waals surface area contributed by atoms with Crippen LogP contribution in [0.25, 0.3) is 0 Å². The smallest absolute Gasteiger partial charge is 0.358 e. The molecular weight excluding hydrogens is 234 g/mol. The molecule has 1 N–H and O–H groups in total. The van der Waals surface area contributed by atoms with Crippen LogP contribution in [0.3, 0.4) is 0 Å². The summed E-state index contributed by atoms with van der Waals surface area (Å²) in [4.78, 5) is 14.5. The molecule has 0 aliphatic heterocycles. The van der Waals surface area contributed by atoms with Crippen LogP contribution in [0.5, 0.6) is 5.75 Å². The lowest BCUT2D eigenvalue weighted by Gasteiger charge is -2.10. The Kier molecular flexibility index (Phi) is 3.32. The average molecular weight is 247 g/mol. The number of carboxylic acids is 1. The Morgan fingerprint density at radius 1 is 1.39 bits per heavy atom. The predicted molar refractivity (Wildman–Crippen MR) is 63.7 cm³/mol. The van der Waals surface area contributed by atoms with E-state index >= 15 is 0 Å². The van der Waals surface area contributed by atoms with Gasteiger partial charge in [-0.2, -0.15) is 0 Å². The highest BCUT2D eigenvalue weighted by Gasteiger charge is 2.16. The molecular formula is C13H13NO4. The summed E-state index contributed by atoms with van der Waals surface area (Å²) in [7, 11) is 0. The molecule has 0 aliphatic carbocycles. The molecule has 1 aromatic carbocycles. The van der Waals surface area contributed by atoms with Crippen LogP contribution < -0.4 is 4.74 Å². The first kappa shape index (κ1) is 12.2. The highest BCUT2D eigenvalue weighted by atomic mass is 16.5. The van der Waals surface area contributed by atoms with Gasteiger partial charge in [0.25, 0.3) is 0 Å². The molecule has 0 saturated heterocycles. The van der Waals surface area contributed by atoms with Crippen LogP contribution in [0.15, 0.2) is 29.0 Å². The molecule has 5 heteroatoms. The Morgan fingerprint density at radius 3 is 2.67 bits per heavy atom. The molecule has 0 unspecified atom stereocenters. The molecule has 1 aromatic heterocycles. The van der Waals surface area contributed by atoms with Crippen molar-refractivity contribution in [3.63, 3.8) is 0 Å². The van der Waals surface area contributed by atoms with E-state index in [4.69, 9.17) is 14.3 Å². The van der Waals surface area contributed by atoms with Crippen molar-refractivity contribution >= 4 is 5.97 Å². The summed E-state index contributed by atoms with van der Waals surface area (Å²) in [6.07, 6.45) is 1.10. The van der Waals surface area contributed by atoms with E-state index in [2.05, 4.69) is 4.98 Å². The summed E-state index contributed by atoms with van der Waals surface area (Å²) in [6, 6.07) is 5.80. The summed E-state index contributed by atoms with van der Waals surface area (Å²) in [5, 5.41) is 8.88. The van der Waals surface area contributed by atoms with Gasteiger partial charge in [0.05, 0.1) is 0 Å². The van der Waals surface area contributed by atoms with Gasteiger partial charge in [-0.1, -0.05) is 18.2 Å². The molecule has 18 heavy (non-hydrogen) atoms. The monoisotopic (exact) mass is 247 g/mol. The highest BCUT2D eigenvalue weighted by Crippen LogP contribution is 2.23. The second-order valence-electron chi connectivity index (χ2n) is 3.94. The molecule has 94 valence electrons. The van der Waals surface area contributed by atoms with E-state index in [1.54, 1.807) is 0 Å². The maximum absolute atomic E-state index is 10.9. The third-order valence-corrected chi connectivity index (χ3v) is 2.60. The number of aromatic nitrogens is 1. The number of aryl methyl sites for hydroxylation is 2. The van der Waals surface area contributed by atoms with Gasteiger partial charge in [0.2, 0.25) is 0 Å². The first-order valence-electron chi connectivity index (χ1n) is 5.44. The molecule has 2 aromatic rings. The minimum atomic E-state index is -1.12. The second kappa shape index (κ2) is 4.91. The Morgan fingerprint density at radius 2 is 2.06 bits per heavy atom. The van der Waals surface area contributed by atoms with Crippen molar-refractivity contribution < 1.29 is 19.1 Å². The number of rotatable bonds is 4. The van der Waals surface area contributed by atoms with Gasteiger partial charge in [0.1, 0.15) is 12.4 Å². The third-order valence-electron chi connectivity index (χ3n) is 2.60. The van der Waals surface area contributed by atoms with E-state index in [9.17, 15) is 4.79 Å². The molecule has 0 bridgehead atoms. The summed E-state index contributed by atoms with van der Waals surface area (Å²) >= 11 is 0. The zero-order chi connectivity index (χ0) is 13.1. The lowest BCUT2D eigenvalue weighted by atomic mass is 10.1. The van der Waals surface area contributed by atoms with Crippen LogP contribution in [0.4, 0.5) is 0 Å². The summed E-state index contributed by atoms with van der Waals surface area (Å²) in [5.74, 6) is -0.167. The van der Waals surface area contributed by atoms with E-state index in [1.165, 1.54) is 0 Å². The molecule has 0 spiro atoms. The van der Waals surface area contributed by atoms with E-state index in [0.717, 1.165) is 23.3 Å². The first-order chi connectivity index (χ1) is 8.59. The van der Waals surface area contributed by atoms with Gasteiger partial charge < -0.3 is 14.3 Å². The SMILES string of the molecule is Cc1cccc(C)c1OCc1ocnc1C(=O)O. The van der Waals surface area contributed by atoms with Crippen molar-refractivity contribution in [3.8, 4) is 5.75 Å².